The zero-order valence-electron chi connectivity index (χ0n) is 8.35. The summed E-state index contributed by atoms with van der Waals surface area (Å²) in [4.78, 5) is 12.4. The van der Waals surface area contributed by atoms with Gasteiger partial charge in [0, 0.05) is 18.8 Å². The van der Waals surface area contributed by atoms with E-state index in [1.165, 1.54) is 18.1 Å². The fourth-order valence-corrected chi connectivity index (χ4v) is 1.71. The van der Waals surface area contributed by atoms with Gasteiger partial charge in [-0.05, 0) is 18.7 Å². The number of nitrogens with one attached hydrogen (secondary N) is 2. The standard InChI is InChI=1S/C8H10N6S/c1-5-3-10-7(9-2)13-6(5)15-8-11-4-12-14-8/h3-4H,1-2H3,(H,9,10,13)(H,11,12,14). The van der Waals surface area contributed by atoms with Gasteiger partial charge in [-0.2, -0.15) is 5.10 Å². The summed E-state index contributed by atoms with van der Waals surface area (Å²) in [7, 11) is 1.79. The van der Waals surface area contributed by atoms with E-state index in [0.29, 0.717) is 5.95 Å². The Morgan fingerprint density at radius 2 is 2.27 bits per heavy atom. The lowest BCUT2D eigenvalue weighted by molar-refractivity contribution is 0.954. The van der Waals surface area contributed by atoms with Crippen LogP contribution >= 0.6 is 11.8 Å². The second-order valence-corrected chi connectivity index (χ2v) is 3.80. The van der Waals surface area contributed by atoms with Crippen LogP contribution in [-0.2, 0) is 0 Å². The fraction of sp³-hybridized carbons (Fsp3) is 0.250. The fourth-order valence-electron chi connectivity index (χ4n) is 0.985. The molecular weight excluding hydrogens is 212 g/mol. The first-order valence-corrected chi connectivity index (χ1v) is 5.16. The zero-order valence-corrected chi connectivity index (χ0v) is 9.17. The summed E-state index contributed by atoms with van der Waals surface area (Å²) in [6.45, 7) is 1.96. The van der Waals surface area contributed by atoms with Gasteiger partial charge in [-0.3, -0.25) is 5.10 Å². The summed E-state index contributed by atoms with van der Waals surface area (Å²) in [5, 5.41) is 11.0. The Labute approximate surface area is 90.9 Å². The van der Waals surface area contributed by atoms with Crippen LogP contribution in [-0.4, -0.2) is 32.2 Å². The van der Waals surface area contributed by atoms with Crippen LogP contribution in [0.5, 0.6) is 0 Å². The van der Waals surface area contributed by atoms with Crippen LogP contribution in [0.25, 0.3) is 0 Å². The average molecular weight is 222 g/mol. The van der Waals surface area contributed by atoms with E-state index < -0.39 is 0 Å². The maximum absolute atomic E-state index is 4.32. The molecule has 0 aliphatic heterocycles. The van der Waals surface area contributed by atoms with Gasteiger partial charge in [-0.1, -0.05) is 0 Å². The molecule has 0 unspecified atom stereocenters. The molecule has 0 atom stereocenters. The minimum Gasteiger partial charge on any atom is -0.357 e. The van der Waals surface area contributed by atoms with E-state index in [9.17, 15) is 0 Å². The predicted molar refractivity (Wildman–Crippen MR) is 56.8 cm³/mol. The van der Waals surface area contributed by atoms with Crippen molar-refractivity contribution < 1.29 is 0 Å². The Hall–Kier alpha value is -1.63. The van der Waals surface area contributed by atoms with Crippen molar-refractivity contribution >= 4 is 17.7 Å². The molecule has 2 aromatic rings. The minimum atomic E-state index is 0.600. The summed E-state index contributed by atoms with van der Waals surface area (Å²) >= 11 is 1.43. The SMILES string of the molecule is CNc1ncc(C)c(Sc2ncn[nH]2)n1. The number of aryl methyl sites for hydroxylation is 1. The first kappa shape index (κ1) is 9.91. The van der Waals surface area contributed by atoms with Crippen molar-refractivity contribution in [2.75, 3.05) is 12.4 Å². The molecular formula is C8H10N6S. The largest absolute Gasteiger partial charge is 0.357 e. The van der Waals surface area contributed by atoms with Crippen LogP contribution in [0.1, 0.15) is 5.56 Å². The Kier molecular flexibility index (Phi) is 2.82. The van der Waals surface area contributed by atoms with Crippen molar-refractivity contribution in [3.63, 3.8) is 0 Å². The highest BCUT2D eigenvalue weighted by atomic mass is 32.2. The molecule has 6 nitrogen and oxygen atoms in total. The van der Waals surface area contributed by atoms with Crippen LogP contribution in [0.4, 0.5) is 5.95 Å². The number of anilines is 1. The number of nitrogens with zero attached hydrogens (tertiary/aromatic N) is 4. The molecule has 0 saturated carbocycles. The number of aromatic amines is 1. The molecule has 2 N–H and O–H groups in total. The van der Waals surface area contributed by atoms with Crippen molar-refractivity contribution in [2.24, 2.45) is 0 Å². The van der Waals surface area contributed by atoms with Gasteiger partial charge >= 0.3 is 0 Å². The van der Waals surface area contributed by atoms with Crippen molar-refractivity contribution in [3.05, 3.63) is 18.1 Å². The van der Waals surface area contributed by atoms with Crippen LogP contribution in [0.2, 0.25) is 0 Å². The van der Waals surface area contributed by atoms with E-state index in [1.807, 2.05) is 6.92 Å². The molecule has 15 heavy (non-hydrogen) atoms. The van der Waals surface area contributed by atoms with Gasteiger partial charge in [-0.15, -0.1) is 0 Å². The van der Waals surface area contributed by atoms with Gasteiger partial charge < -0.3 is 5.32 Å². The van der Waals surface area contributed by atoms with Crippen LogP contribution in [0, 0.1) is 6.92 Å². The monoisotopic (exact) mass is 222 g/mol. The topological polar surface area (TPSA) is 79.4 Å². The third kappa shape index (κ3) is 2.24. The lowest BCUT2D eigenvalue weighted by atomic mass is 10.4. The third-order valence-corrected chi connectivity index (χ3v) is 2.73. The number of hydrogen-bond acceptors (Lipinski definition) is 6. The Morgan fingerprint density at radius 1 is 1.40 bits per heavy atom. The number of H-pyrrole nitrogens is 1. The van der Waals surface area contributed by atoms with E-state index in [2.05, 4.69) is 30.5 Å². The molecule has 0 aliphatic carbocycles. The highest BCUT2D eigenvalue weighted by Crippen LogP contribution is 2.25. The summed E-state index contributed by atoms with van der Waals surface area (Å²) < 4.78 is 0. The molecule has 2 heterocycles. The Bertz CT molecular complexity index is 440. The summed E-state index contributed by atoms with van der Waals surface area (Å²) in [5.74, 6) is 0.600. The molecule has 0 fully saturated rings. The number of aromatic nitrogens is 5. The lowest BCUT2D eigenvalue weighted by Crippen LogP contribution is -1.98. The minimum absolute atomic E-state index is 0.600. The van der Waals surface area contributed by atoms with E-state index in [-0.39, 0.29) is 0 Å². The van der Waals surface area contributed by atoms with Crippen LogP contribution < -0.4 is 5.32 Å². The van der Waals surface area contributed by atoms with Gasteiger partial charge in [0.1, 0.15) is 11.4 Å². The third-order valence-electron chi connectivity index (χ3n) is 1.74. The van der Waals surface area contributed by atoms with E-state index in [0.717, 1.165) is 15.7 Å². The maximum atomic E-state index is 4.32. The number of rotatable bonds is 3. The van der Waals surface area contributed by atoms with E-state index in [4.69, 9.17) is 0 Å². The predicted octanol–water partition coefficient (Wildman–Crippen LogP) is 1.10. The lowest BCUT2D eigenvalue weighted by Gasteiger charge is -2.03. The van der Waals surface area contributed by atoms with Crippen LogP contribution in [0.15, 0.2) is 22.7 Å². The van der Waals surface area contributed by atoms with Gasteiger partial charge in [0.2, 0.25) is 5.95 Å². The van der Waals surface area contributed by atoms with Crippen molar-refractivity contribution in [3.8, 4) is 0 Å². The van der Waals surface area contributed by atoms with Gasteiger partial charge in [0.15, 0.2) is 5.16 Å². The second kappa shape index (κ2) is 4.26. The summed E-state index contributed by atoms with van der Waals surface area (Å²) in [6.07, 6.45) is 3.25. The smallest absolute Gasteiger partial charge is 0.223 e. The Morgan fingerprint density at radius 3 is 2.93 bits per heavy atom. The Balaban J connectivity index is 2.27. The van der Waals surface area contributed by atoms with Gasteiger partial charge in [-0.25, -0.2) is 15.0 Å². The van der Waals surface area contributed by atoms with Gasteiger partial charge in [0.05, 0.1) is 0 Å². The maximum Gasteiger partial charge on any atom is 0.223 e. The second-order valence-electron chi connectivity index (χ2n) is 2.82. The molecule has 0 aliphatic rings. The van der Waals surface area contributed by atoms with Crippen LogP contribution in [0.3, 0.4) is 0 Å². The average Bonchev–Trinajstić information content (AvgIpc) is 2.74. The molecule has 0 spiro atoms. The number of hydrogen-bond donors (Lipinski definition) is 2. The van der Waals surface area contributed by atoms with Crippen molar-refractivity contribution in [2.45, 2.75) is 17.1 Å². The normalized spacial score (nSPS) is 10.3. The molecule has 7 heteroatoms. The summed E-state index contributed by atoms with van der Waals surface area (Å²) in [6, 6.07) is 0. The molecule has 2 rings (SSSR count). The molecule has 0 saturated heterocycles. The highest BCUT2D eigenvalue weighted by molar-refractivity contribution is 7.99. The van der Waals surface area contributed by atoms with E-state index in [1.54, 1.807) is 13.2 Å². The molecule has 0 radical (unpaired) electrons. The summed E-state index contributed by atoms with van der Waals surface area (Å²) in [5.41, 5.74) is 1.01. The quantitative estimate of drug-likeness (QED) is 0.757. The molecule has 0 amide bonds. The van der Waals surface area contributed by atoms with Crippen molar-refractivity contribution in [1.29, 1.82) is 0 Å². The molecule has 0 aromatic carbocycles. The molecule has 0 bridgehead atoms. The molecule has 2 aromatic heterocycles. The van der Waals surface area contributed by atoms with E-state index >= 15 is 0 Å². The highest BCUT2D eigenvalue weighted by Gasteiger charge is 2.06. The first-order chi connectivity index (χ1) is 7.29. The zero-order chi connectivity index (χ0) is 10.7. The molecule has 78 valence electrons. The van der Waals surface area contributed by atoms with Crippen molar-refractivity contribution in [1.82, 2.24) is 25.1 Å². The first-order valence-electron chi connectivity index (χ1n) is 4.34. The van der Waals surface area contributed by atoms with Gasteiger partial charge in [0.25, 0.3) is 0 Å².